The first kappa shape index (κ1) is 16.4. The minimum absolute atomic E-state index is 0.0401. The predicted octanol–water partition coefficient (Wildman–Crippen LogP) is 4.15. The maximum Gasteiger partial charge on any atom is 0.405 e. The first-order valence-corrected chi connectivity index (χ1v) is 7.56. The highest BCUT2D eigenvalue weighted by Gasteiger charge is 2.39. The Morgan fingerprint density at radius 2 is 2.05 bits per heavy atom. The molecule has 1 aromatic rings. The van der Waals surface area contributed by atoms with Crippen molar-refractivity contribution < 1.29 is 13.2 Å². The number of nitrogens with zero attached hydrogens (tertiary/aromatic N) is 1. The van der Waals surface area contributed by atoms with Crippen molar-refractivity contribution in [2.24, 2.45) is 5.73 Å². The molecule has 6 heteroatoms. The first-order valence-electron chi connectivity index (χ1n) is 7.18. The summed E-state index contributed by atoms with van der Waals surface area (Å²) in [5.41, 5.74) is 7.26. The summed E-state index contributed by atoms with van der Waals surface area (Å²) in [5, 5.41) is 0.490. The average molecular weight is 321 g/mol. The lowest BCUT2D eigenvalue weighted by molar-refractivity contribution is -0.120. The first-order chi connectivity index (χ1) is 9.81. The van der Waals surface area contributed by atoms with Crippen molar-refractivity contribution in [3.63, 3.8) is 0 Å². The van der Waals surface area contributed by atoms with Crippen LogP contribution in [0.1, 0.15) is 31.7 Å². The van der Waals surface area contributed by atoms with Gasteiger partial charge >= 0.3 is 6.18 Å². The van der Waals surface area contributed by atoms with Gasteiger partial charge in [0.15, 0.2) is 0 Å². The van der Waals surface area contributed by atoms with Crippen LogP contribution < -0.4 is 10.6 Å². The van der Waals surface area contributed by atoms with Crippen molar-refractivity contribution in [1.82, 2.24) is 0 Å². The second-order valence-electron chi connectivity index (χ2n) is 5.58. The molecule has 0 saturated heterocycles. The van der Waals surface area contributed by atoms with E-state index < -0.39 is 12.7 Å². The molecule has 0 aliphatic heterocycles. The Labute approximate surface area is 128 Å². The fraction of sp³-hybridized carbons (Fsp3) is 0.600. The molecule has 1 aliphatic rings. The molecule has 1 aliphatic carbocycles. The highest BCUT2D eigenvalue weighted by molar-refractivity contribution is 6.31. The molecule has 0 aromatic heterocycles. The van der Waals surface area contributed by atoms with Gasteiger partial charge < -0.3 is 10.6 Å². The second-order valence-corrected chi connectivity index (χ2v) is 5.99. The van der Waals surface area contributed by atoms with Crippen molar-refractivity contribution in [2.75, 3.05) is 11.4 Å². The molecule has 0 heterocycles. The molecule has 1 atom stereocenters. The number of nitrogens with two attached hydrogens (primary N) is 1. The van der Waals surface area contributed by atoms with E-state index in [9.17, 15) is 13.2 Å². The number of hydrogen-bond acceptors (Lipinski definition) is 2. The molecule has 118 valence electrons. The van der Waals surface area contributed by atoms with Crippen LogP contribution in [0.3, 0.4) is 0 Å². The Balaban J connectivity index is 2.33. The van der Waals surface area contributed by atoms with Crippen LogP contribution in [-0.4, -0.2) is 24.8 Å². The largest absolute Gasteiger partial charge is 0.405 e. The van der Waals surface area contributed by atoms with Crippen LogP contribution in [0.4, 0.5) is 18.9 Å². The van der Waals surface area contributed by atoms with Gasteiger partial charge in [-0.15, -0.1) is 0 Å². The molecule has 0 radical (unpaired) electrons. The van der Waals surface area contributed by atoms with Gasteiger partial charge in [0.25, 0.3) is 0 Å². The number of alkyl halides is 3. The Kier molecular flexibility index (Phi) is 5.04. The van der Waals surface area contributed by atoms with E-state index in [0.717, 1.165) is 24.8 Å². The van der Waals surface area contributed by atoms with Gasteiger partial charge in [-0.25, -0.2) is 0 Å². The minimum Gasteiger partial charge on any atom is -0.359 e. The maximum absolute atomic E-state index is 12.8. The molecule has 0 bridgehead atoms. The fourth-order valence-electron chi connectivity index (χ4n) is 2.42. The van der Waals surface area contributed by atoms with Crippen molar-refractivity contribution in [3.8, 4) is 0 Å². The molecule has 1 fully saturated rings. The van der Waals surface area contributed by atoms with Crippen molar-refractivity contribution >= 4 is 17.3 Å². The number of benzene rings is 1. The number of hydrogen-bond donors (Lipinski definition) is 1. The maximum atomic E-state index is 12.8. The molecular weight excluding hydrogens is 301 g/mol. The average Bonchev–Trinajstić information content (AvgIpc) is 3.21. The highest BCUT2D eigenvalue weighted by atomic mass is 35.5. The molecule has 0 amide bonds. The number of anilines is 1. The summed E-state index contributed by atoms with van der Waals surface area (Å²) in [5.74, 6) is 0. The zero-order valence-electron chi connectivity index (χ0n) is 12.0. The smallest absolute Gasteiger partial charge is 0.359 e. The van der Waals surface area contributed by atoms with Crippen LogP contribution in [0, 0.1) is 0 Å². The van der Waals surface area contributed by atoms with Crippen LogP contribution >= 0.6 is 11.6 Å². The van der Waals surface area contributed by atoms with Crippen LogP contribution in [0.5, 0.6) is 0 Å². The van der Waals surface area contributed by atoms with E-state index in [4.69, 9.17) is 17.3 Å². The summed E-state index contributed by atoms with van der Waals surface area (Å²) in [6.45, 7) is 1.02. The summed E-state index contributed by atoms with van der Waals surface area (Å²) < 4.78 is 38.5. The quantitative estimate of drug-likeness (QED) is 0.853. The Bertz CT molecular complexity index is 486. The predicted molar refractivity (Wildman–Crippen MR) is 79.8 cm³/mol. The van der Waals surface area contributed by atoms with Gasteiger partial charge in [-0.2, -0.15) is 13.2 Å². The van der Waals surface area contributed by atoms with Gasteiger partial charge in [-0.3, -0.25) is 0 Å². The lowest BCUT2D eigenvalue weighted by Crippen LogP contribution is -2.37. The topological polar surface area (TPSA) is 29.3 Å². The SMILES string of the molecule is CCC(N)Cc1c(Cl)cccc1N(CC(F)(F)F)C1CC1. The Hall–Kier alpha value is -0.940. The monoisotopic (exact) mass is 320 g/mol. The minimum atomic E-state index is -4.23. The normalized spacial score (nSPS) is 16.9. The van der Waals surface area contributed by atoms with E-state index in [1.54, 1.807) is 18.2 Å². The molecule has 0 spiro atoms. The van der Waals surface area contributed by atoms with Crippen LogP contribution in [0.25, 0.3) is 0 Å². The standard InChI is InChI=1S/C15H20ClF3N2/c1-2-10(20)8-12-13(16)4-3-5-14(12)21(11-6-7-11)9-15(17,18)19/h3-5,10-11H,2,6-9,20H2,1H3. The summed E-state index contributed by atoms with van der Waals surface area (Å²) in [7, 11) is 0. The van der Waals surface area contributed by atoms with E-state index in [-0.39, 0.29) is 12.1 Å². The number of halogens is 4. The van der Waals surface area contributed by atoms with Gasteiger partial charge in [-0.1, -0.05) is 24.6 Å². The van der Waals surface area contributed by atoms with Gasteiger partial charge in [0.2, 0.25) is 0 Å². The third-order valence-electron chi connectivity index (χ3n) is 3.73. The van der Waals surface area contributed by atoms with E-state index in [1.165, 1.54) is 4.90 Å². The van der Waals surface area contributed by atoms with E-state index in [0.29, 0.717) is 17.1 Å². The number of rotatable bonds is 6. The lowest BCUT2D eigenvalue weighted by Gasteiger charge is -2.29. The fourth-order valence-corrected chi connectivity index (χ4v) is 2.66. The van der Waals surface area contributed by atoms with Crippen LogP contribution in [-0.2, 0) is 6.42 Å². The molecule has 2 N–H and O–H groups in total. The van der Waals surface area contributed by atoms with Gasteiger partial charge in [-0.05, 0) is 43.4 Å². The van der Waals surface area contributed by atoms with E-state index in [1.807, 2.05) is 6.92 Å². The third kappa shape index (κ3) is 4.51. The molecule has 2 nitrogen and oxygen atoms in total. The summed E-state index contributed by atoms with van der Waals surface area (Å²) in [6, 6.07) is 4.98. The zero-order chi connectivity index (χ0) is 15.6. The molecule has 2 rings (SSSR count). The van der Waals surface area contributed by atoms with E-state index in [2.05, 4.69) is 0 Å². The van der Waals surface area contributed by atoms with E-state index >= 15 is 0 Å². The third-order valence-corrected chi connectivity index (χ3v) is 4.09. The lowest BCUT2D eigenvalue weighted by atomic mass is 10.0. The molecule has 1 unspecified atom stereocenters. The van der Waals surface area contributed by atoms with Crippen LogP contribution in [0.2, 0.25) is 5.02 Å². The van der Waals surface area contributed by atoms with Crippen molar-refractivity contribution in [1.29, 1.82) is 0 Å². The zero-order valence-corrected chi connectivity index (χ0v) is 12.7. The molecule has 1 aromatic carbocycles. The van der Waals surface area contributed by atoms with Crippen molar-refractivity contribution in [3.05, 3.63) is 28.8 Å². The van der Waals surface area contributed by atoms with Gasteiger partial charge in [0, 0.05) is 22.8 Å². The van der Waals surface area contributed by atoms with Gasteiger partial charge in [0.1, 0.15) is 6.54 Å². The van der Waals surface area contributed by atoms with Gasteiger partial charge in [0.05, 0.1) is 0 Å². The highest BCUT2D eigenvalue weighted by Crippen LogP contribution is 2.38. The summed E-state index contributed by atoms with van der Waals surface area (Å²) in [4.78, 5) is 1.43. The summed E-state index contributed by atoms with van der Waals surface area (Å²) >= 11 is 6.21. The van der Waals surface area contributed by atoms with Crippen LogP contribution in [0.15, 0.2) is 18.2 Å². The second kappa shape index (κ2) is 6.44. The molecular formula is C15H20ClF3N2. The summed E-state index contributed by atoms with van der Waals surface area (Å²) in [6.07, 6.45) is -1.39. The Morgan fingerprint density at radius 3 is 2.57 bits per heavy atom. The molecule has 21 heavy (non-hydrogen) atoms. The Morgan fingerprint density at radius 1 is 1.38 bits per heavy atom. The van der Waals surface area contributed by atoms with Crippen molar-refractivity contribution in [2.45, 2.75) is 50.9 Å². The molecule has 1 saturated carbocycles.